The van der Waals surface area contributed by atoms with Crippen LogP contribution in [0.5, 0.6) is 0 Å². The normalized spacial score (nSPS) is 12.4. The minimum Gasteiger partial charge on any atom is -0.325 e. The highest BCUT2D eigenvalue weighted by Crippen LogP contribution is 2.27. The van der Waals surface area contributed by atoms with E-state index >= 15 is 0 Å². The Hall–Kier alpha value is -1.61. The molecule has 1 N–H and O–H groups in total. The lowest BCUT2D eigenvalue weighted by atomic mass is 10.3. The van der Waals surface area contributed by atoms with Crippen molar-refractivity contribution < 1.29 is 13.6 Å². The van der Waals surface area contributed by atoms with Crippen molar-refractivity contribution in [2.24, 2.45) is 7.05 Å². The average Bonchev–Trinajstić information content (AvgIpc) is 2.80. The van der Waals surface area contributed by atoms with Crippen LogP contribution < -0.4 is 5.32 Å². The number of carbonyl (C=O) groups excluding carboxylic acids is 1. The van der Waals surface area contributed by atoms with Gasteiger partial charge in [-0.2, -0.15) is 8.78 Å². The summed E-state index contributed by atoms with van der Waals surface area (Å²) in [4.78, 5) is 12.6. The molecule has 0 unspecified atom stereocenters. The van der Waals surface area contributed by atoms with Crippen LogP contribution in [-0.4, -0.2) is 31.7 Å². The number of rotatable bonds is 6. The maximum Gasteiger partial charge on any atom is 0.288 e. The second-order valence-electron chi connectivity index (χ2n) is 4.74. The SMILES string of the molecule is Cc1nnc(S[C@@H](C)C(=O)Nc2ccc(SC(F)F)cc2)n1C. The lowest BCUT2D eigenvalue weighted by molar-refractivity contribution is -0.115. The monoisotopic (exact) mass is 358 g/mol. The summed E-state index contributed by atoms with van der Waals surface area (Å²) in [5.41, 5.74) is 0.565. The van der Waals surface area contributed by atoms with Gasteiger partial charge in [-0.3, -0.25) is 4.79 Å². The zero-order valence-electron chi connectivity index (χ0n) is 12.8. The van der Waals surface area contributed by atoms with Crippen molar-refractivity contribution in [1.29, 1.82) is 0 Å². The molecule has 9 heteroatoms. The van der Waals surface area contributed by atoms with Crippen LogP contribution in [0.15, 0.2) is 34.3 Å². The molecule has 0 bridgehead atoms. The molecule has 0 fully saturated rings. The Morgan fingerprint density at radius 2 is 1.87 bits per heavy atom. The molecule has 23 heavy (non-hydrogen) atoms. The van der Waals surface area contributed by atoms with Gasteiger partial charge in [0, 0.05) is 17.6 Å². The van der Waals surface area contributed by atoms with Gasteiger partial charge >= 0.3 is 0 Å². The molecule has 2 aromatic rings. The third-order valence-corrected chi connectivity index (χ3v) is 4.91. The maximum atomic E-state index is 12.3. The first-order chi connectivity index (χ1) is 10.9. The number of hydrogen-bond donors (Lipinski definition) is 1. The van der Waals surface area contributed by atoms with Crippen LogP contribution in [0.25, 0.3) is 0 Å². The van der Waals surface area contributed by atoms with Gasteiger partial charge in [0.1, 0.15) is 5.82 Å². The minimum atomic E-state index is -2.46. The quantitative estimate of drug-likeness (QED) is 0.800. The molecule has 0 aliphatic rings. The molecule has 1 amide bonds. The maximum absolute atomic E-state index is 12.3. The van der Waals surface area contributed by atoms with Crippen LogP contribution >= 0.6 is 23.5 Å². The van der Waals surface area contributed by atoms with Gasteiger partial charge in [-0.15, -0.1) is 10.2 Å². The van der Waals surface area contributed by atoms with Crippen LogP contribution in [0.1, 0.15) is 12.7 Å². The predicted octanol–water partition coefficient (Wildman–Crippen LogP) is 3.56. The standard InChI is InChI=1S/C14H16F2N4OS2/c1-8(22-14-19-18-9(2)20(14)3)12(21)17-10-4-6-11(7-5-10)23-13(15)16/h4-8,13H,1-3H3,(H,17,21)/t8-/m0/s1. The summed E-state index contributed by atoms with van der Waals surface area (Å²) in [6.45, 7) is 3.60. The third kappa shape index (κ3) is 4.93. The molecule has 2 rings (SSSR count). The molecular weight excluding hydrogens is 342 g/mol. The fourth-order valence-corrected chi connectivity index (χ4v) is 3.02. The number of benzene rings is 1. The van der Waals surface area contributed by atoms with Gasteiger partial charge in [0.15, 0.2) is 5.16 Å². The van der Waals surface area contributed by atoms with Gasteiger partial charge in [-0.1, -0.05) is 23.5 Å². The average molecular weight is 358 g/mol. The van der Waals surface area contributed by atoms with Crippen molar-refractivity contribution in [2.75, 3.05) is 5.32 Å². The number of halogens is 2. The Kier molecular flexibility index (Phi) is 6.00. The summed E-state index contributed by atoms with van der Waals surface area (Å²) in [5.74, 6) is -1.88. The fourth-order valence-electron chi connectivity index (χ4n) is 1.67. The van der Waals surface area contributed by atoms with Crippen LogP contribution in [0.4, 0.5) is 14.5 Å². The Morgan fingerprint density at radius 3 is 2.39 bits per heavy atom. The summed E-state index contributed by atoms with van der Waals surface area (Å²) < 4.78 is 26.3. The largest absolute Gasteiger partial charge is 0.325 e. The molecular formula is C14H16F2N4OS2. The first kappa shape index (κ1) is 17.7. The lowest BCUT2D eigenvalue weighted by Gasteiger charge is -2.12. The summed E-state index contributed by atoms with van der Waals surface area (Å²) in [6.07, 6.45) is 0. The number of thioether (sulfide) groups is 2. The van der Waals surface area contributed by atoms with Gasteiger partial charge in [0.2, 0.25) is 5.91 Å². The molecule has 0 saturated heterocycles. The topological polar surface area (TPSA) is 59.8 Å². The van der Waals surface area contributed by atoms with Crippen molar-refractivity contribution in [3.8, 4) is 0 Å². The van der Waals surface area contributed by atoms with Crippen LogP contribution in [0.2, 0.25) is 0 Å². The number of amides is 1. The lowest BCUT2D eigenvalue weighted by Crippen LogP contribution is -2.22. The number of nitrogens with zero attached hydrogens (tertiary/aromatic N) is 3. The molecule has 0 aliphatic carbocycles. The number of nitrogens with one attached hydrogen (secondary N) is 1. The third-order valence-electron chi connectivity index (χ3n) is 3.05. The molecule has 0 radical (unpaired) electrons. The summed E-state index contributed by atoms with van der Waals surface area (Å²) in [7, 11) is 1.84. The number of hydrogen-bond acceptors (Lipinski definition) is 5. The second kappa shape index (κ2) is 7.78. The van der Waals surface area contributed by atoms with Gasteiger partial charge in [0.05, 0.1) is 5.25 Å². The van der Waals surface area contributed by atoms with E-state index in [0.29, 0.717) is 27.5 Å². The number of anilines is 1. The predicted molar refractivity (Wildman–Crippen MR) is 88.0 cm³/mol. The van der Waals surface area contributed by atoms with E-state index < -0.39 is 5.76 Å². The molecule has 1 atom stereocenters. The number of aryl methyl sites for hydroxylation is 1. The van der Waals surface area contributed by atoms with E-state index in [2.05, 4.69) is 15.5 Å². The molecule has 5 nitrogen and oxygen atoms in total. The number of alkyl halides is 2. The molecule has 0 saturated carbocycles. The van der Waals surface area contributed by atoms with E-state index in [1.165, 1.54) is 11.8 Å². The van der Waals surface area contributed by atoms with Crippen LogP contribution in [-0.2, 0) is 11.8 Å². The smallest absolute Gasteiger partial charge is 0.288 e. The highest BCUT2D eigenvalue weighted by atomic mass is 32.2. The number of carbonyl (C=O) groups is 1. The van der Waals surface area contributed by atoms with Gasteiger partial charge < -0.3 is 9.88 Å². The Labute approximate surface area is 141 Å². The van der Waals surface area contributed by atoms with Crippen molar-refractivity contribution in [1.82, 2.24) is 14.8 Å². The summed E-state index contributed by atoms with van der Waals surface area (Å²) >= 11 is 1.77. The minimum absolute atomic E-state index is 0.190. The van der Waals surface area contributed by atoms with Crippen molar-refractivity contribution >= 4 is 35.1 Å². The number of aromatic nitrogens is 3. The summed E-state index contributed by atoms with van der Waals surface area (Å²) in [5, 5.41) is 11.0. The van der Waals surface area contributed by atoms with E-state index in [0.717, 1.165) is 5.82 Å². The van der Waals surface area contributed by atoms with E-state index in [4.69, 9.17) is 0 Å². The summed E-state index contributed by atoms with van der Waals surface area (Å²) in [6, 6.07) is 6.31. The second-order valence-corrected chi connectivity index (χ2v) is 7.11. The Balaban J connectivity index is 1.94. The van der Waals surface area contributed by atoms with Crippen LogP contribution in [0, 0.1) is 6.92 Å². The molecule has 1 aromatic heterocycles. The van der Waals surface area contributed by atoms with E-state index in [9.17, 15) is 13.6 Å². The fraction of sp³-hybridized carbons (Fsp3) is 0.357. The van der Waals surface area contributed by atoms with Gasteiger partial charge in [0.25, 0.3) is 5.76 Å². The van der Waals surface area contributed by atoms with Gasteiger partial charge in [-0.25, -0.2) is 0 Å². The van der Waals surface area contributed by atoms with Crippen molar-refractivity contribution in [3.05, 3.63) is 30.1 Å². The van der Waals surface area contributed by atoms with E-state index in [1.54, 1.807) is 31.2 Å². The highest BCUT2D eigenvalue weighted by molar-refractivity contribution is 8.00. The highest BCUT2D eigenvalue weighted by Gasteiger charge is 2.18. The van der Waals surface area contributed by atoms with Crippen molar-refractivity contribution in [3.63, 3.8) is 0 Å². The molecule has 1 aromatic carbocycles. The Bertz CT molecular complexity index is 676. The molecule has 0 aliphatic heterocycles. The van der Waals surface area contributed by atoms with E-state index in [-0.39, 0.29) is 11.2 Å². The van der Waals surface area contributed by atoms with Gasteiger partial charge in [-0.05, 0) is 38.1 Å². The molecule has 1 heterocycles. The zero-order valence-corrected chi connectivity index (χ0v) is 14.4. The van der Waals surface area contributed by atoms with Crippen LogP contribution in [0.3, 0.4) is 0 Å². The molecule has 0 spiro atoms. The molecule has 124 valence electrons. The first-order valence-electron chi connectivity index (χ1n) is 6.75. The van der Waals surface area contributed by atoms with Crippen molar-refractivity contribution in [2.45, 2.75) is 34.9 Å². The van der Waals surface area contributed by atoms with E-state index in [1.807, 2.05) is 18.5 Å². The first-order valence-corrected chi connectivity index (χ1v) is 8.51. The zero-order chi connectivity index (χ0) is 17.0. The Morgan fingerprint density at radius 1 is 1.22 bits per heavy atom.